The molecule has 3 aromatic rings. The Balaban J connectivity index is 1.51. The number of nitrogens with zero attached hydrogens (tertiary/aromatic N) is 3. The zero-order chi connectivity index (χ0) is 20.8. The SMILES string of the molecule is COc1ccc(CCc2nc(NC(=O)CCc3c(C)noc3C)n[nH]2)cc1OC. The van der Waals surface area contributed by atoms with Gasteiger partial charge in [0.05, 0.1) is 19.9 Å². The first-order valence-corrected chi connectivity index (χ1v) is 9.34. The van der Waals surface area contributed by atoms with Crippen LogP contribution in [0.2, 0.25) is 0 Å². The fourth-order valence-electron chi connectivity index (χ4n) is 3.05. The van der Waals surface area contributed by atoms with Gasteiger partial charge < -0.3 is 14.0 Å². The number of anilines is 1. The number of hydrogen-bond donors (Lipinski definition) is 2. The summed E-state index contributed by atoms with van der Waals surface area (Å²) in [5, 5.41) is 13.5. The monoisotopic (exact) mass is 399 g/mol. The molecule has 9 heteroatoms. The Morgan fingerprint density at radius 2 is 1.93 bits per heavy atom. The number of nitrogens with one attached hydrogen (secondary N) is 2. The second kappa shape index (κ2) is 9.22. The van der Waals surface area contributed by atoms with Crippen LogP contribution >= 0.6 is 0 Å². The summed E-state index contributed by atoms with van der Waals surface area (Å²) in [5.41, 5.74) is 2.86. The van der Waals surface area contributed by atoms with Gasteiger partial charge in [-0.25, -0.2) is 0 Å². The van der Waals surface area contributed by atoms with Gasteiger partial charge in [0.1, 0.15) is 11.6 Å². The number of methoxy groups -OCH3 is 2. The number of carbonyl (C=O) groups excluding carboxylic acids is 1. The first kappa shape index (κ1) is 20.4. The van der Waals surface area contributed by atoms with Crippen molar-refractivity contribution >= 4 is 11.9 Å². The molecule has 29 heavy (non-hydrogen) atoms. The first-order valence-electron chi connectivity index (χ1n) is 9.34. The van der Waals surface area contributed by atoms with Crippen molar-refractivity contribution < 1.29 is 18.8 Å². The van der Waals surface area contributed by atoms with Crippen molar-refractivity contribution in [2.45, 2.75) is 39.5 Å². The molecule has 2 heterocycles. The number of amides is 1. The summed E-state index contributed by atoms with van der Waals surface area (Å²) in [7, 11) is 3.22. The summed E-state index contributed by atoms with van der Waals surface area (Å²) in [6.07, 6.45) is 2.26. The first-order chi connectivity index (χ1) is 14.0. The summed E-state index contributed by atoms with van der Waals surface area (Å²) in [5.74, 6) is 2.93. The molecule has 0 radical (unpaired) electrons. The van der Waals surface area contributed by atoms with Gasteiger partial charge in [0.15, 0.2) is 11.5 Å². The largest absolute Gasteiger partial charge is 0.493 e. The number of rotatable bonds is 9. The molecule has 2 aromatic heterocycles. The van der Waals surface area contributed by atoms with E-state index in [1.807, 2.05) is 32.0 Å². The molecule has 3 rings (SSSR count). The third-order valence-corrected chi connectivity index (χ3v) is 4.66. The smallest absolute Gasteiger partial charge is 0.248 e. The van der Waals surface area contributed by atoms with E-state index >= 15 is 0 Å². The predicted octanol–water partition coefficient (Wildman–Crippen LogP) is 2.78. The Hall–Kier alpha value is -3.36. The fourth-order valence-corrected chi connectivity index (χ4v) is 3.05. The standard InChI is InChI=1S/C20H25N5O4/c1-12-15(13(2)29-25-12)7-10-19(26)22-20-21-18(23-24-20)9-6-14-5-8-16(27-3)17(11-14)28-4/h5,8,11H,6-7,9-10H2,1-4H3,(H2,21,22,23,24,26). The lowest BCUT2D eigenvalue weighted by Crippen LogP contribution is -2.13. The van der Waals surface area contributed by atoms with Gasteiger partial charge in [-0.2, -0.15) is 4.98 Å². The van der Waals surface area contributed by atoms with Crippen LogP contribution in [-0.2, 0) is 24.1 Å². The van der Waals surface area contributed by atoms with E-state index in [-0.39, 0.29) is 11.9 Å². The number of H-pyrrole nitrogens is 1. The van der Waals surface area contributed by atoms with Crippen molar-refractivity contribution in [3.05, 3.63) is 46.6 Å². The summed E-state index contributed by atoms with van der Waals surface area (Å²) < 4.78 is 15.7. The van der Waals surface area contributed by atoms with Gasteiger partial charge in [-0.3, -0.25) is 15.2 Å². The molecule has 154 valence electrons. The molecule has 0 saturated heterocycles. The van der Waals surface area contributed by atoms with Gasteiger partial charge in [-0.15, -0.1) is 5.10 Å². The molecule has 0 aliphatic carbocycles. The van der Waals surface area contributed by atoms with E-state index in [9.17, 15) is 4.79 Å². The lowest BCUT2D eigenvalue weighted by atomic mass is 10.1. The molecule has 0 atom stereocenters. The van der Waals surface area contributed by atoms with Crippen LogP contribution in [0.15, 0.2) is 22.7 Å². The van der Waals surface area contributed by atoms with E-state index in [0.29, 0.717) is 36.6 Å². The average molecular weight is 399 g/mol. The van der Waals surface area contributed by atoms with Crippen LogP contribution in [0.4, 0.5) is 5.95 Å². The van der Waals surface area contributed by atoms with Crippen molar-refractivity contribution in [2.75, 3.05) is 19.5 Å². The van der Waals surface area contributed by atoms with E-state index in [1.165, 1.54) is 0 Å². The molecule has 0 spiro atoms. The highest BCUT2D eigenvalue weighted by Crippen LogP contribution is 2.28. The quantitative estimate of drug-likeness (QED) is 0.568. The number of carbonyl (C=O) groups is 1. The van der Waals surface area contributed by atoms with Crippen LogP contribution in [0.3, 0.4) is 0 Å². The van der Waals surface area contributed by atoms with Gasteiger partial charge in [-0.05, 0) is 44.4 Å². The van der Waals surface area contributed by atoms with Crippen LogP contribution in [0.1, 0.15) is 34.8 Å². The molecule has 0 aliphatic heterocycles. The summed E-state index contributed by atoms with van der Waals surface area (Å²) in [6, 6.07) is 5.79. The van der Waals surface area contributed by atoms with Crippen molar-refractivity contribution in [2.24, 2.45) is 0 Å². The lowest BCUT2D eigenvalue weighted by molar-refractivity contribution is -0.116. The number of benzene rings is 1. The molecule has 9 nitrogen and oxygen atoms in total. The molecule has 0 saturated carbocycles. The Morgan fingerprint density at radius 1 is 1.14 bits per heavy atom. The average Bonchev–Trinajstić information content (AvgIpc) is 3.30. The van der Waals surface area contributed by atoms with Crippen LogP contribution in [0.25, 0.3) is 0 Å². The molecule has 0 unspecified atom stereocenters. The Kier molecular flexibility index (Phi) is 6.48. The minimum absolute atomic E-state index is 0.157. The number of hydrogen-bond acceptors (Lipinski definition) is 7. The third kappa shape index (κ3) is 5.13. The maximum Gasteiger partial charge on any atom is 0.248 e. The van der Waals surface area contributed by atoms with E-state index < -0.39 is 0 Å². The fraction of sp³-hybridized carbons (Fsp3) is 0.400. The molecular formula is C20H25N5O4. The highest BCUT2D eigenvalue weighted by molar-refractivity contribution is 5.89. The Labute approximate surface area is 168 Å². The van der Waals surface area contributed by atoms with Gasteiger partial charge in [0.25, 0.3) is 0 Å². The van der Waals surface area contributed by atoms with Crippen molar-refractivity contribution in [1.29, 1.82) is 0 Å². The molecule has 1 aromatic carbocycles. The van der Waals surface area contributed by atoms with Gasteiger partial charge in [-0.1, -0.05) is 11.2 Å². The number of aromatic amines is 1. The zero-order valence-electron chi connectivity index (χ0n) is 17.0. The van der Waals surface area contributed by atoms with Crippen molar-refractivity contribution in [3.63, 3.8) is 0 Å². The minimum atomic E-state index is -0.157. The Bertz CT molecular complexity index is 960. The van der Waals surface area contributed by atoms with Gasteiger partial charge in [0, 0.05) is 18.4 Å². The van der Waals surface area contributed by atoms with Crippen LogP contribution in [0.5, 0.6) is 11.5 Å². The van der Waals surface area contributed by atoms with Crippen molar-refractivity contribution in [3.8, 4) is 11.5 Å². The van der Waals surface area contributed by atoms with E-state index in [0.717, 1.165) is 29.0 Å². The third-order valence-electron chi connectivity index (χ3n) is 4.66. The lowest BCUT2D eigenvalue weighted by Gasteiger charge is -2.09. The molecule has 1 amide bonds. The molecule has 0 aliphatic rings. The topological polar surface area (TPSA) is 115 Å². The highest BCUT2D eigenvalue weighted by atomic mass is 16.5. The zero-order valence-corrected chi connectivity index (χ0v) is 17.0. The second-order valence-corrected chi connectivity index (χ2v) is 6.65. The van der Waals surface area contributed by atoms with E-state index in [1.54, 1.807) is 14.2 Å². The van der Waals surface area contributed by atoms with E-state index in [2.05, 4.69) is 25.7 Å². The maximum absolute atomic E-state index is 12.2. The number of aromatic nitrogens is 4. The normalized spacial score (nSPS) is 10.8. The van der Waals surface area contributed by atoms with E-state index in [4.69, 9.17) is 14.0 Å². The molecule has 0 bridgehead atoms. The predicted molar refractivity (Wildman–Crippen MR) is 106 cm³/mol. The van der Waals surface area contributed by atoms with Gasteiger partial charge in [0.2, 0.25) is 11.9 Å². The summed E-state index contributed by atoms with van der Waals surface area (Å²) >= 11 is 0. The second-order valence-electron chi connectivity index (χ2n) is 6.65. The molecule has 2 N–H and O–H groups in total. The minimum Gasteiger partial charge on any atom is -0.493 e. The van der Waals surface area contributed by atoms with Gasteiger partial charge >= 0.3 is 0 Å². The Morgan fingerprint density at radius 3 is 2.62 bits per heavy atom. The number of ether oxygens (including phenoxy) is 2. The number of aryl methyl sites for hydroxylation is 4. The highest BCUT2D eigenvalue weighted by Gasteiger charge is 2.13. The molecule has 0 fully saturated rings. The maximum atomic E-state index is 12.2. The summed E-state index contributed by atoms with van der Waals surface area (Å²) in [4.78, 5) is 16.5. The van der Waals surface area contributed by atoms with Crippen LogP contribution in [0, 0.1) is 13.8 Å². The van der Waals surface area contributed by atoms with Crippen molar-refractivity contribution in [1.82, 2.24) is 20.3 Å². The van der Waals surface area contributed by atoms with Crippen LogP contribution in [-0.4, -0.2) is 40.5 Å². The molecular weight excluding hydrogens is 374 g/mol. The summed E-state index contributed by atoms with van der Waals surface area (Å²) in [6.45, 7) is 3.71. The van der Waals surface area contributed by atoms with Crippen LogP contribution < -0.4 is 14.8 Å².